The predicted molar refractivity (Wildman–Crippen MR) is 104 cm³/mol. The van der Waals surface area contributed by atoms with Gasteiger partial charge in [-0.2, -0.15) is 5.26 Å². The van der Waals surface area contributed by atoms with Gasteiger partial charge in [0, 0.05) is 5.92 Å². The summed E-state index contributed by atoms with van der Waals surface area (Å²) in [6.45, 7) is 2.80. The van der Waals surface area contributed by atoms with E-state index >= 15 is 0 Å². The van der Waals surface area contributed by atoms with Crippen LogP contribution < -0.4 is 9.47 Å². The third-order valence-electron chi connectivity index (χ3n) is 4.98. The molecule has 1 aliphatic carbocycles. The van der Waals surface area contributed by atoms with Crippen molar-refractivity contribution < 1.29 is 14.3 Å². The minimum Gasteiger partial charge on any atom is -0.494 e. The van der Waals surface area contributed by atoms with E-state index in [2.05, 4.69) is 13.0 Å². The maximum atomic E-state index is 12.3. The molecular formula is C23H25NO3. The molecule has 0 saturated heterocycles. The van der Waals surface area contributed by atoms with Crippen LogP contribution >= 0.6 is 0 Å². The number of nitrogens with zero attached hydrogens (tertiary/aromatic N) is 1. The summed E-state index contributed by atoms with van der Waals surface area (Å²) in [6, 6.07) is 17.8. The fraction of sp³-hybridized carbons (Fsp3) is 0.391. The number of benzene rings is 2. The van der Waals surface area contributed by atoms with Gasteiger partial charge in [-0.1, -0.05) is 31.2 Å². The first-order chi connectivity index (χ1) is 13.2. The van der Waals surface area contributed by atoms with Gasteiger partial charge in [0.2, 0.25) is 0 Å². The molecule has 0 amide bonds. The molecule has 0 N–H and O–H groups in total. The van der Waals surface area contributed by atoms with Gasteiger partial charge in [-0.3, -0.25) is 4.79 Å². The monoisotopic (exact) mass is 363 g/mol. The Hall–Kier alpha value is -2.80. The molecular weight excluding hydrogens is 338 g/mol. The van der Waals surface area contributed by atoms with Crippen LogP contribution in [-0.4, -0.2) is 12.6 Å². The summed E-state index contributed by atoms with van der Waals surface area (Å²) in [4.78, 5) is 12.3. The Labute approximate surface area is 160 Å². The molecule has 27 heavy (non-hydrogen) atoms. The second-order valence-corrected chi connectivity index (χ2v) is 7.00. The lowest BCUT2D eigenvalue weighted by Crippen LogP contribution is -2.25. The third-order valence-corrected chi connectivity index (χ3v) is 4.98. The molecule has 0 unspecified atom stereocenters. The van der Waals surface area contributed by atoms with Crippen LogP contribution in [0.3, 0.4) is 0 Å². The molecule has 1 saturated carbocycles. The van der Waals surface area contributed by atoms with Crippen molar-refractivity contribution in [1.82, 2.24) is 0 Å². The van der Waals surface area contributed by atoms with Gasteiger partial charge in [-0.15, -0.1) is 0 Å². The van der Waals surface area contributed by atoms with Crippen molar-refractivity contribution in [2.24, 2.45) is 11.8 Å². The summed E-state index contributed by atoms with van der Waals surface area (Å²) in [7, 11) is 0. The molecule has 0 radical (unpaired) electrons. The predicted octanol–water partition coefficient (Wildman–Crippen LogP) is 5.38. The number of ether oxygens (including phenoxy) is 2. The summed E-state index contributed by atoms with van der Waals surface area (Å²) in [5.74, 6) is 1.25. The van der Waals surface area contributed by atoms with E-state index < -0.39 is 0 Å². The van der Waals surface area contributed by atoms with Crippen LogP contribution in [0.4, 0.5) is 0 Å². The lowest BCUT2D eigenvalue weighted by molar-refractivity contribution is -0.140. The lowest BCUT2D eigenvalue weighted by atomic mass is 9.83. The minimum absolute atomic E-state index is 0.0899. The molecule has 0 aliphatic heterocycles. The van der Waals surface area contributed by atoms with E-state index in [-0.39, 0.29) is 17.8 Å². The number of carbonyl (C=O) groups is 1. The van der Waals surface area contributed by atoms with Crippen molar-refractivity contribution in [3.8, 4) is 28.7 Å². The van der Waals surface area contributed by atoms with E-state index in [4.69, 9.17) is 14.7 Å². The van der Waals surface area contributed by atoms with E-state index in [1.807, 2.05) is 48.5 Å². The first-order valence-electron chi connectivity index (χ1n) is 9.64. The van der Waals surface area contributed by atoms with Crippen molar-refractivity contribution in [3.05, 3.63) is 48.5 Å². The number of carbonyl (C=O) groups excluding carboxylic acids is 1. The summed E-state index contributed by atoms with van der Waals surface area (Å²) in [5, 5.41) is 8.95. The topological polar surface area (TPSA) is 59.3 Å². The smallest absolute Gasteiger partial charge is 0.314 e. The zero-order valence-corrected chi connectivity index (χ0v) is 15.7. The molecule has 2 aromatic carbocycles. The van der Waals surface area contributed by atoms with E-state index in [1.165, 1.54) is 0 Å². The van der Waals surface area contributed by atoms with Crippen LogP contribution in [0.5, 0.6) is 11.5 Å². The van der Waals surface area contributed by atoms with Gasteiger partial charge in [-0.25, -0.2) is 0 Å². The first kappa shape index (κ1) is 19.0. The molecule has 140 valence electrons. The second kappa shape index (κ2) is 9.23. The van der Waals surface area contributed by atoms with Crippen LogP contribution in [-0.2, 0) is 4.79 Å². The van der Waals surface area contributed by atoms with Crippen LogP contribution in [0, 0.1) is 23.2 Å². The quantitative estimate of drug-likeness (QED) is 0.511. The molecule has 0 atom stereocenters. The Morgan fingerprint density at radius 2 is 1.52 bits per heavy atom. The third kappa shape index (κ3) is 5.10. The number of hydrogen-bond acceptors (Lipinski definition) is 4. The number of hydrogen-bond donors (Lipinski definition) is 0. The minimum atomic E-state index is -0.184. The highest BCUT2D eigenvalue weighted by Gasteiger charge is 2.27. The fourth-order valence-corrected chi connectivity index (χ4v) is 3.34. The van der Waals surface area contributed by atoms with Crippen molar-refractivity contribution in [1.29, 1.82) is 5.26 Å². The molecule has 4 nitrogen and oxygen atoms in total. The van der Waals surface area contributed by atoms with Gasteiger partial charge < -0.3 is 9.47 Å². The van der Waals surface area contributed by atoms with E-state index in [0.717, 1.165) is 55.6 Å². The van der Waals surface area contributed by atoms with Crippen LogP contribution in [0.1, 0.15) is 39.0 Å². The summed E-state index contributed by atoms with van der Waals surface area (Å²) in [6.07, 6.45) is 4.03. The maximum absolute atomic E-state index is 12.3. The van der Waals surface area contributed by atoms with Crippen molar-refractivity contribution in [2.75, 3.05) is 6.61 Å². The first-order valence-corrected chi connectivity index (χ1v) is 9.64. The summed E-state index contributed by atoms with van der Waals surface area (Å²) in [5.41, 5.74) is 2.15. The van der Waals surface area contributed by atoms with Gasteiger partial charge in [0.15, 0.2) is 0 Å². The molecule has 1 fully saturated rings. The zero-order valence-electron chi connectivity index (χ0n) is 15.7. The second-order valence-electron chi connectivity index (χ2n) is 7.00. The highest BCUT2D eigenvalue weighted by atomic mass is 16.5. The Kier molecular flexibility index (Phi) is 6.49. The largest absolute Gasteiger partial charge is 0.494 e. The van der Waals surface area contributed by atoms with Gasteiger partial charge >= 0.3 is 5.97 Å². The summed E-state index contributed by atoms with van der Waals surface area (Å²) >= 11 is 0. The van der Waals surface area contributed by atoms with Gasteiger partial charge in [0.05, 0.1) is 18.6 Å². The number of rotatable bonds is 6. The molecule has 0 bridgehead atoms. The van der Waals surface area contributed by atoms with Gasteiger partial charge in [0.1, 0.15) is 11.5 Å². The highest BCUT2D eigenvalue weighted by Crippen LogP contribution is 2.30. The van der Waals surface area contributed by atoms with E-state index in [1.54, 1.807) is 0 Å². The van der Waals surface area contributed by atoms with Crippen LogP contribution in [0.15, 0.2) is 48.5 Å². The molecule has 1 aliphatic rings. The molecule has 2 aromatic rings. The normalized spacial score (nSPS) is 19.1. The highest BCUT2D eigenvalue weighted by molar-refractivity contribution is 5.75. The molecule has 4 heteroatoms. The standard InChI is InChI=1S/C23H25NO3/c1-2-15-26-21-11-7-18(8-12-21)19-9-13-22(14-10-19)27-23(25)20-5-3-17(16-24)4-6-20/h7-14,17,20H,2-6,15H2,1H3. The van der Waals surface area contributed by atoms with Crippen molar-refractivity contribution in [3.63, 3.8) is 0 Å². The van der Waals surface area contributed by atoms with Gasteiger partial charge in [-0.05, 0) is 67.5 Å². The van der Waals surface area contributed by atoms with Crippen LogP contribution in [0.2, 0.25) is 0 Å². The van der Waals surface area contributed by atoms with Crippen LogP contribution in [0.25, 0.3) is 11.1 Å². The van der Waals surface area contributed by atoms with E-state index in [9.17, 15) is 4.79 Å². The van der Waals surface area contributed by atoms with Crippen molar-refractivity contribution >= 4 is 5.97 Å². The SMILES string of the molecule is CCCOc1ccc(-c2ccc(OC(=O)C3CCC(C#N)CC3)cc2)cc1. The lowest BCUT2D eigenvalue weighted by Gasteiger charge is -2.23. The Bertz CT molecular complexity index is 782. The van der Waals surface area contributed by atoms with E-state index in [0.29, 0.717) is 5.75 Å². The molecule has 0 aromatic heterocycles. The zero-order chi connectivity index (χ0) is 19.1. The Balaban J connectivity index is 1.57. The van der Waals surface area contributed by atoms with Gasteiger partial charge in [0.25, 0.3) is 0 Å². The average Bonchev–Trinajstić information content (AvgIpc) is 2.73. The maximum Gasteiger partial charge on any atom is 0.314 e. The fourth-order valence-electron chi connectivity index (χ4n) is 3.34. The Morgan fingerprint density at radius 1 is 0.963 bits per heavy atom. The molecule has 0 spiro atoms. The molecule has 3 rings (SSSR count). The molecule has 0 heterocycles. The number of esters is 1. The number of nitriles is 1. The Morgan fingerprint density at radius 3 is 2.04 bits per heavy atom. The summed E-state index contributed by atoms with van der Waals surface area (Å²) < 4.78 is 11.1. The average molecular weight is 363 g/mol. The van der Waals surface area contributed by atoms with Crippen molar-refractivity contribution in [2.45, 2.75) is 39.0 Å².